The predicted molar refractivity (Wildman–Crippen MR) is 104 cm³/mol. The number of nitrogens with one attached hydrogen (secondary N) is 2. The van der Waals surface area contributed by atoms with Crippen LogP contribution in [0.3, 0.4) is 0 Å². The molecule has 0 spiro atoms. The molecule has 1 saturated heterocycles. The smallest absolute Gasteiger partial charge is 0.243 e. The molecule has 0 aromatic carbocycles. The summed E-state index contributed by atoms with van der Waals surface area (Å²) in [5.41, 5.74) is 0. The van der Waals surface area contributed by atoms with Gasteiger partial charge in [0.1, 0.15) is 6.54 Å². The van der Waals surface area contributed by atoms with E-state index in [-0.39, 0.29) is 12.5 Å². The van der Waals surface area contributed by atoms with Crippen LogP contribution in [0.1, 0.15) is 44.9 Å². The van der Waals surface area contributed by atoms with Crippen molar-refractivity contribution in [2.45, 2.75) is 57.0 Å². The summed E-state index contributed by atoms with van der Waals surface area (Å²) in [7, 11) is 3.51. The number of hydrogen-bond acceptors (Lipinski definition) is 3. The van der Waals surface area contributed by atoms with E-state index in [4.69, 9.17) is 0 Å². The third-order valence-corrected chi connectivity index (χ3v) is 6.72. The maximum absolute atomic E-state index is 12.2. The molecule has 4 rings (SSSR count). The zero-order chi connectivity index (χ0) is 19.0. The maximum Gasteiger partial charge on any atom is 0.243 e. The first-order valence-corrected chi connectivity index (χ1v) is 10.5. The first kappa shape index (κ1) is 18.6. The molecule has 7 heteroatoms. The predicted octanol–water partition coefficient (Wildman–Crippen LogP) is 0.809. The first-order chi connectivity index (χ1) is 13.0. The van der Waals surface area contributed by atoms with E-state index >= 15 is 0 Å². The van der Waals surface area contributed by atoms with Crippen LogP contribution in [0.25, 0.3) is 0 Å². The van der Waals surface area contributed by atoms with E-state index in [1.165, 1.54) is 25.7 Å². The summed E-state index contributed by atoms with van der Waals surface area (Å²) in [6.07, 6.45) is 8.16. The summed E-state index contributed by atoms with van der Waals surface area (Å²) >= 11 is 0. The quantitative estimate of drug-likeness (QED) is 0.532. The van der Waals surface area contributed by atoms with Crippen LogP contribution >= 0.6 is 0 Å². The third-order valence-electron chi connectivity index (χ3n) is 6.72. The van der Waals surface area contributed by atoms with Crippen molar-refractivity contribution in [2.75, 3.05) is 33.7 Å². The molecule has 3 aliphatic carbocycles. The summed E-state index contributed by atoms with van der Waals surface area (Å²) in [5, 5.41) is 7.02. The number of rotatable bonds is 6. The summed E-state index contributed by atoms with van der Waals surface area (Å²) in [6, 6.07) is 0.971. The van der Waals surface area contributed by atoms with Gasteiger partial charge in [0.05, 0.1) is 0 Å². The molecule has 2 bridgehead atoms. The third kappa shape index (κ3) is 4.38. The van der Waals surface area contributed by atoms with Gasteiger partial charge >= 0.3 is 0 Å². The zero-order valence-corrected chi connectivity index (χ0v) is 16.6. The molecule has 4 aliphatic rings. The Hall–Kier alpha value is -1.79. The fourth-order valence-corrected chi connectivity index (χ4v) is 4.96. The zero-order valence-electron chi connectivity index (χ0n) is 16.6. The van der Waals surface area contributed by atoms with Crippen LogP contribution in [-0.4, -0.2) is 73.4 Å². The lowest BCUT2D eigenvalue weighted by atomic mass is 9.95. The lowest BCUT2D eigenvalue weighted by Crippen LogP contribution is -2.47. The minimum absolute atomic E-state index is 0.00000432. The molecule has 0 aromatic heterocycles. The minimum Gasteiger partial charge on any atom is -0.356 e. The number of fused-ring (bicyclic) bond motifs is 2. The molecule has 1 heterocycles. The number of carbonyl (C=O) groups is 2. The standard InChI is InChI=1S/C20H33N5O2/c1-24(2)19(27)11-22-20(23-17-8-13-3-4-15(17)7-13)21-10-14-9-18(26)25(12-14)16-5-6-16/h13-17H,3-12H2,1-2H3,(H2,21,22,23). The van der Waals surface area contributed by atoms with Gasteiger partial charge in [-0.2, -0.15) is 0 Å². The van der Waals surface area contributed by atoms with Gasteiger partial charge in [0.15, 0.2) is 5.96 Å². The molecule has 1 aliphatic heterocycles. The second-order valence-corrected chi connectivity index (χ2v) is 9.11. The number of carbonyl (C=O) groups excluding carboxylic acids is 2. The van der Waals surface area contributed by atoms with Crippen LogP contribution in [0.2, 0.25) is 0 Å². The van der Waals surface area contributed by atoms with Crippen molar-refractivity contribution in [3.05, 3.63) is 0 Å². The van der Waals surface area contributed by atoms with Crippen LogP contribution in [-0.2, 0) is 9.59 Å². The van der Waals surface area contributed by atoms with E-state index in [0.29, 0.717) is 30.3 Å². The summed E-state index contributed by atoms with van der Waals surface area (Å²) < 4.78 is 0. The highest BCUT2D eigenvalue weighted by atomic mass is 16.2. The van der Waals surface area contributed by atoms with Crippen LogP contribution in [0.5, 0.6) is 0 Å². The normalized spacial score (nSPS) is 32.9. The topological polar surface area (TPSA) is 77.0 Å². The van der Waals surface area contributed by atoms with Crippen molar-refractivity contribution >= 4 is 17.8 Å². The highest BCUT2D eigenvalue weighted by Gasteiger charge is 2.41. The van der Waals surface area contributed by atoms with Gasteiger partial charge < -0.3 is 20.4 Å². The number of hydrogen-bond donors (Lipinski definition) is 2. The van der Waals surface area contributed by atoms with Crippen molar-refractivity contribution in [1.29, 1.82) is 0 Å². The number of guanidine groups is 1. The van der Waals surface area contributed by atoms with Gasteiger partial charge in [-0.1, -0.05) is 6.42 Å². The van der Waals surface area contributed by atoms with Crippen LogP contribution in [0.15, 0.2) is 4.99 Å². The first-order valence-electron chi connectivity index (χ1n) is 10.5. The molecule has 4 atom stereocenters. The number of nitrogens with zero attached hydrogens (tertiary/aromatic N) is 3. The van der Waals surface area contributed by atoms with E-state index in [0.717, 1.165) is 43.7 Å². The van der Waals surface area contributed by atoms with Gasteiger partial charge in [-0.25, -0.2) is 4.99 Å². The molecular formula is C20H33N5O2. The minimum atomic E-state index is -0.00000432. The Bertz CT molecular complexity index is 615. The fourth-order valence-electron chi connectivity index (χ4n) is 4.96. The van der Waals surface area contributed by atoms with Gasteiger partial charge in [0.2, 0.25) is 11.8 Å². The Morgan fingerprint density at radius 1 is 1.22 bits per heavy atom. The molecule has 3 saturated carbocycles. The molecule has 0 aromatic rings. The van der Waals surface area contributed by atoms with Gasteiger partial charge in [0.25, 0.3) is 0 Å². The Kier molecular flexibility index (Phi) is 5.28. The molecule has 4 unspecified atom stereocenters. The van der Waals surface area contributed by atoms with E-state index in [9.17, 15) is 9.59 Å². The molecule has 4 fully saturated rings. The van der Waals surface area contributed by atoms with Crippen molar-refractivity contribution in [3.8, 4) is 0 Å². The summed E-state index contributed by atoms with van der Waals surface area (Å²) in [5.74, 6) is 2.96. The van der Waals surface area contributed by atoms with E-state index in [2.05, 4.69) is 20.5 Å². The van der Waals surface area contributed by atoms with Crippen LogP contribution < -0.4 is 10.6 Å². The number of aliphatic imine (C=N–C) groups is 1. The fraction of sp³-hybridized carbons (Fsp3) is 0.850. The number of likely N-dealkylation sites (tertiary alicyclic amines) is 1. The second-order valence-electron chi connectivity index (χ2n) is 9.11. The Morgan fingerprint density at radius 3 is 2.67 bits per heavy atom. The molecule has 150 valence electrons. The van der Waals surface area contributed by atoms with Crippen molar-refractivity contribution in [1.82, 2.24) is 20.4 Å². The van der Waals surface area contributed by atoms with Crippen molar-refractivity contribution < 1.29 is 9.59 Å². The average Bonchev–Trinajstić information content (AvgIpc) is 3.08. The lowest BCUT2D eigenvalue weighted by molar-refractivity contribution is -0.128. The van der Waals surface area contributed by atoms with Crippen LogP contribution in [0.4, 0.5) is 0 Å². The molecule has 7 nitrogen and oxygen atoms in total. The van der Waals surface area contributed by atoms with Gasteiger partial charge in [-0.15, -0.1) is 0 Å². The molecule has 27 heavy (non-hydrogen) atoms. The Morgan fingerprint density at radius 2 is 2.04 bits per heavy atom. The SMILES string of the molecule is CN(C)C(=O)CN=C(NCC1CC(=O)N(C2CC2)C1)NC1CC2CCC1C2. The molecule has 2 amide bonds. The van der Waals surface area contributed by atoms with Gasteiger partial charge in [-0.05, 0) is 43.9 Å². The molecular weight excluding hydrogens is 342 g/mol. The van der Waals surface area contributed by atoms with Gasteiger partial charge in [0, 0.05) is 51.6 Å². The summed E-state index contributed by atoms with van der Waals surface area (Å²) in [6.45, 7) is 1.74. The summed E-state index contributed by atoms with van der Waals surface area (Å²) in [4.78, 5) is 32.3. The van der Waals surface area contributed by atoms with E-state index in [1.54, 1.807) is 19.0 Å². The second kappa shape index (κ2) is 7.68. The van der Waals surface area contributed by atoms with Gasteiger partial charge in [-0.3, -0.25) is 9.59 Å². The number of likely N-dealkylation sites (N-methyl/N-ethyl adjacent to an activating group) is 1. The van der Waals surface area contributed by atoms with E-state index in [1.807, 2.05) is 0 Å². The highest BCUT2D eigenvalue weighted by molar-refractivity contribution is 5.85. The molecule has 0 radical (unpaired) electrons. The maximum atomic E-state index is 12.2. The lowest BCUT2D eigenvalue weighted by Gasteiger charge is -2.26. The van der Waals surface area contributed by atoms with E-state index < -0.39 is 0 Å². The van der Waals surface area contributed by atoms with Crippen molar-refractivity contribution in [3.63, 3.8) is 0 Å². The Labute approximate surface area is 161 Å². The van der Waals surface area contributed by atoms with Crippen LogP contribution in [0, 0.1) is 17.8 Å². The average molecular weight is 376 g/mol. The van der Waals surface area contributed by atoms with Crippen molar-refractivity contribution in [2.24, 2.45) is 22.7 Å². The largest absolute Gasteiger partial charge is 0.356 e. The Balaban J connectivity index is 1.33. The number of amides is 2. The highest BCUT2D eigenvalue weighted by Crippen LogP contribution is 2.44. The monoisotopic (exact) mass is 375 g/mol. The molecule has 2 N–H and O–H groups in total.